The molecule has 0 bridgehead atoms. The molecule has 36 heavy (non-hydrogen) atoms. The third kappa shape index (κ3) is 3.77. The maximum absolute atomic E-state index is 15.4. The van der Waals surface area contributed by atoms with E-state index < -0.39 is 57.2 Å². The minimum Gasteiger partial charge on any atom is -0.345 e. The minimum absolute atomic E-state index is 0.0969. The van der Waals surface area contributed by atoms with Crippen LogP contribution in [0.1, 0.15) is 32.1 Å². The molecule has 16 heteroatoms. The summed E-state index contributed by atoms with van der Waals surface area (Å²) in [5.41, 5.74) is -3.85. The van der Waals surface area contributed by atoms with Gasteiger partial charge < -0.3 is 18.9 Å². The van der Waals surface area contributed by atoms with Crippen LogP contribution in [0, 0.1) is 0 Å². The lowest BCUT2D eigenvalue weighted by Crippen LogP contribution is -2.66. The highest BCUT2D eigenvalue weighted by molar-refractivity contribution is 9.11. The van der Waals surface area contributed by atoms with Crippen LogP contribution >= 0.6 is 54.5 Å². The molecule has 0 spiro atoms. The van der Waals surface area contributed by atoms with Crippen LogP contribution in [0.15, 0.2) is 21.1 Å². The zero-order valence-electron chi connectivity index (χ0n) is 17.4. The van der Waals surface area contributed by atoms with Crippen LogP contribution in [0.2, 0.25) is 0 Å². The fraction of sp³-hybridized carbons (Fsp3) is 0.500. The third-order valence-corrected chi connectivity index (χ3v) is 9.76. The maximum atomic E-state index is 15.4. The first-order valence-corrected chi connectivity index (χ1v) is 13.3. The predicted octanol–water partition coefficient (Wildman–Crippen LogP) is 7.89. The lowest BCUT2D eigenvalue weighted by Gasteiger charge is -2.44. The third-order valence-electron chi connectivity index (χ3n) is 5.63. The summed E-state index contributed by atoms with van der Waals surface area (Å²) in [6, 6.07) is 2.35. The molecule has 1 aliphatic carbocycles. The second-order valence-corrected chi connectivity index (χ2v) is 11.7. The van der Waals surface area contributed by atoms with Crippen molar-refractivity contribution in [1.29, 1.82) is 0 Å². The Bertz CT molecular complexity index is 1120. The van der Waals surface area contributed by atoms with E-state index in [1.165, 1.54) is 12.1 Å². The van der Waals surface area contributed by atoms with E-state index >= 15 is 17.6 Å². The van der Waals surface area contributed by atoms with Crippen LogP contribution in [0.3, 0.4) is 0 Å². The van der Waals surface area contributed by atoms with E-state index in [0.29, 0.717) is 22.7 Å². The van der Waals surface area contributed by atoms with Gasteiger partial charge in [0, 0.05) is 8.95 Å². The molecule has 0 atom stereocenters. The average Bonchev–Trinajstić information content (AvgIpc) is 3.58. The van der Waals surface area contributed by atoms with E-state index in [0.717, 1.165) is 0 Å². The maximum Gasteiger partial charge on any atom is 0.383 e. The molecule has 0 N–H and O–H groups in total. The number of rotatable bonds is 4. The number of alkyl halides is 8. The Hall–Kier alpha value is -0.620. The monoisotopic (exact) mass is 690 g/mol. The molecule has 2 aliphatic heterocycles. The Morgan fingerprint density at radius 1 is 0.611 bits per heavy atom. The highest BCUT2D eigenvalue weighted by Crippen LogP contribution is 2.68. The van der Waals surface area contributed by atoms with E-state index in [9.17, 15) is 17.6 Å². The number of halogens is 10. The van der Waals surface area contributed by atoms with Crippen molar-refractivity contribution in [3.8, 4) is 0 Å². The Kier molecular flexibility index (Phi) is 6.71. The molecule has 2 aromatic heterocycles. The fourth-order valence-electron chi connectivity index (χ4n) is 3.93. The van der Waals surface area contributed by atoms with Crippen LogP contribution in [-0.4, -0.2) is 50.1 Å². The predicted molar refractivity (Wildman–Crippen MR) is 120 cm³/mol. The SMILES string of the molecule is FC1(F)C(c2sc(C3OCCO3)cc2Br)=C(c2sc(C3OCCO3)cc2Br)C(F)(F)C(F)(F)C1(F)F. The number of ether oxygens (including phenoxy) is 4. The molecule has 0 amide bonds. The summed E-state index contributed by atoms with van der Waals surface area (Å²) in [7, 11) is 0. The van der Waals surface area contributed by atoms with Crippen molar-refractivity contribution in [2.45, 2.75) is 36.3 Å². The normalized spacial score (nSPS) is 25.7. The Morgan fingerprint density at radius 3 is 1.22 bits per heavy atom. The van der Waals surface area contributed by atoms with Crippen molar-refractivity contribution in [1.82, 2.24) is 0 Å². The molecular formula is C20H12Br2F8O4S2. The van der Waals surface area contributed by atoms with Crippen LogP contribution in [-0.2, 0) is 18.9 Å². The van der Waals surface area contributed by atoms with Gasteiger partial charge in [-0.05, 0) is 44.0 Å². The summed E-state index contributed by atoms with van der Waals surface area (Å²) in [6.07, 6.45) is -2.11. The zero-order chi connectivity index (χ0) is 26.3. The summed E-state index contributed by atoms with van der Waals surface area (Å²) in [4.78, 5) is -1.37. The number of allylic oxidation sites excluding steroid dienone is 2. The van der Waals surface area contributed by atoms with Crippen LogP contribution in [0.4, 0.5) is 35.1 Å². The van der Waals surface area contributed by atoms with Crippen molar-refractivity contribution in [2.24, 2.45) is 0 Å². The molecule has 0 unspecified atom stereocenters. The van der Waals surface area contributed by atoms with Gasteiger partial charge in [-0.2, -0.15) is 35.1 Å². The summed E-state index contributed by atoms with van der Waals surface area (Å²) in [5, 5.41) is 0. The molecule has 2 fully saturated rings. The van der Waals surface area contributed by atoms with Gasteiger partial charge in [0.15, 0.2) is 12.6 Å². The number of hydrogen-bond donors (Lipinski definition) is 0. The van der Waals surface area contributed by atoms with E-state index in [2.05, 4.69) is 31.9 Å². The van der Waals surface area contributed by atoms with Gasteiger partial charge in [-0.15, -0.1) is 22.7 Å². The topological polar surface area (TPSA) is 36.9 Å². The van der Waals surface area contributed by atoms with Gasteiger partial charge in [0.25, 0.3) is 0 Å². The molecule has 3 aliphatic rings. The summed E-state index contributed by atoms with van der Waals surface area (Å²) in [6.45, 7) is 0.604. The second kappa shape index (κ2) is 8.96. The second-order valence-electron chi connectivity index (χ2n) is 7.85. The molecule has 0 aromatic carbocycles. The van der Waals surface area contributed by atoms with Gasteiger partial charge in [-0.3, -0.25) is 0 Å². The van der Waals surface area contributed by atoms with Crippen molar-refractivity contribution in [3.63, 3.8) is 0 Å². The minimum atomic E-state index is -6.42. The summed E-state index contributed by atoms with van der Waals surface area (Å²) in [5.74, 6) is -24.2. The number of thiophene rings is 2. The molecule has 5 rings (SSSR count). The lowest BCUT2D eigenvalue weighted by atomic mass is 9.78. The fourth-order valence-corrected chi connectivity index (χ4v) is 7.87. The highest BCUT2D eigenvalue weighted by Gasteiger charge is 2.86. The summed E-state index contributed by atoms with van der Waals surface area (Å²) >= 11 is 6.67. The van der Waals surface area contributed by atoms with Gasteiger partial charge in [-0.25, -0.2) is 0 Å². The molecule has 0 saturated carbocycles. The van der Waals surface area contributed by atoms with Crippen LogP contribution in [0.25, 0.3) is 11.1 Å². The Morgan fingerprint density at radius 2 is 0.917 bits per heavy atom. The standard InChI is InChI=1S/C20H12Br2F8O4S2/c21-7-5-9(15-31-1-2-32-15)35-13(7)11-12(14-8(22)6-10(36-14)16-33-3-4-34-16)18(25,26)20(29,30)19(27,28)17(11,23)24/h5-6,15-16H,1-4H2. The molecule has 2 saturated heterocycles. The highest BCUT2D eigenvalue weighted by atomic mass is 79.9. The quantitative estimate of drug-likeness (QED) is 0.306. The van der Waals surface area contributed by atoms with Crippen LogP contribution < -0.4 is 0 Å². The molecule has 4 heterocycles. The van der Waals surface area contributed by atoms with Crippen molar-refractivity contribution >= 4 is 65.7 Å². The summed E-state index contributed by atoms with van der Waals surface area (Å²) < 4.78 is 140. The van der Waals surface area contributed by atoms with E-state index in [4.69, 9.17) is 18.9 Å². The first kappa shape index (κ1) is 27.0. The van der Waals surface area contributed by atoms with E-state index in [1.807, 2.05) is 0 Å². The first-order chi connectivity index (χ1) is 16.7. The Labute approximate surface area is 222 Å². The van der Waals surface area contributed by atoms with Crippen LogP contribution in [0.5, 0.6) is 0 Å². The van der Waals surface area contributed by atoms with Crippen molar-refractivity contribution in [3.05, 3.63) is 40.6 Å². The molecule has 4 nitrogen and oxygen atoms in total. The molecule has 198 valence electrons. The lowest BCUT2D eigenvalue weighted by molar-refractivity contribution is -0.344. The smallest absolute Gasteiger partial charge is 0.345 e. The zero-order valence-corrected chi connectivity index (χ0v) is 22.2. The largest absolute Gasteiger partial charge is 0.383 e. The van der Waals surface area contributed by atoms with Crippen molar-refractivity contribution < 1.29 is 54.1 Å². The van der Waals surface area contributed by atoms with Gasteiger partial charge in [0.1, 0.15) is 0 Å². The average molecular weight is 692 g/mol. The molecule has 2 aromatic rings. The van der Waals surface area contributed by atoms with E-state index in [1.54, 1.807) is 0 Å². The number of hydrogen-bond acceptors (Lipinski definition) is 6. The molecule has 0 radical (unpaired) electrons. The first-order valence-electron chi connectivity index (χ1n) is 10.0. The van der Waals surface area contributed by atoms with Gasteiger partial charge >= 0.3 is 23.7 Å². The Balaban J connectivity index is 1.80. The molecular weight excluding hydrogens is 680 g/mol. The van der Waals surface area contributed by atoms with E-state index in [-0.39, 0.29) is 45.1 Å². The van der Waals surface area contributed by atoms with Gasteiger partial charge in [0.05, 0.1) is 57.1 Å². The van der Waals surface area contributed by atoms with Crippen molar-refractivity contribution in [2.75, 3.05) is 26.4 Å². The van der Waals surface area contributed by atoms with Gasteiger partial charge in [0.2, 0.25) is 0 Å². The van der Waals surface area contributed by atoms with Gasteiger partial charge in [-0.1, -0.05) is 0 Å².